The van der Waals surface area contributed by atoms with Gasteiger partial charge in [0.25, 0.3) is 0 Å². The van der Waals surface area contributed by atoms with Gasteiger partial charge in [0, 0.05) is 39.3 Å². The molecule has 0 unspecified atom stereocenters. The first-order chi connectivity index (χ1) is 23.7. The van der Waals surface area contributed by atoms with Gasteiger partial charge >= 0.3 is 0 Å². The van der Waals surface area contributed by atoms with Crippen molar-refractivity contribution in [3.05, 3.63) is 86.5 Å². The Morgan fingerprint density at radius 3 is 0.765 bits per heavy atom. The van der Waals surface area contributed by atoms with Gasteiger partial charge in [-0.25, -0.2) is 25.3 Å². The van der Waals surface area contributed by atoms with Crippen LogP contribution in [0.2, 0.25) is 0 Å². The summed E-state index contributed by atoms with van der Waals surface area (Å²) >= 11 is 0. The molecule has 0 saturated carbocycles. The SMILES string of the molecule is CCCN(CCCN(CCCN(CCC)S(=O)(=O)c1c(C)cc(C)cc1C)S(=O)(=O)c1c(C)cc(C)cc1C)S(=O)(=O)c1c(C)cc(C)cc1C. The first-order valence-electron chi connectivity index (χ1n) is 17.9. The van der Waals surface area contributed by atoms with E-state index in [0.717, 1.165) is 16.7 Å². The summed E-state index contributed by atoms with van der Waals surface area (Å²) in [6, 6.07) is 11.2. The number of hydrogen-bond acceptors (Lipinski definition) is 6. The first-order valence-corrected chi connectivity index (χ1v) is 22.3. The molecule has 0 amide bonds. The van der Waals surface area contributed by atoms with Crippen molar-refractivity contribution in [2.24, 2.45) is 0 Å². The number of sulfonamides is 3. The number of nitrogens with zero attached hydrogens (tertiary/aromatic N) is 3. The lowest BCUT2D eigenvalue weighted by Gasteiger charge is -2.28. The van der Waals surface area contributed by atoms with Crippen molar-refractivity contribution in [3.8, 4) is 0 Å². The summed E-state index contributed by atoms with van der Waals surface area (Å²) in [5.41, 5.74) is 6.95. The average molecular weight is 762 g/mol. The van der Waals surface area contributed by atoms with Gasteiger partial charge in [0.1, 0.15) is 0 Å². The highest BCUT2D eigenvalue weighted by atomic mass is 32.2. The van der Waals surface area contributed by atoms with E-state index in [2.05, 4.69) is 0 Å². The summed E-state index contributed by atoms with van der Waals surface area (Å²) in [5, 5.41) is 0. The van der Waals surface area contributed by atoms with Gasteiger partial charge in [-0.2, -0.15) is 12.9 Å². The summed E-state index contributed by atoms with van der Waals surface area (Å²) < 4.78 is 89.2. The topological polar surface area (TPSA) is 112 Å². The maximum absolute atomic E-state index is 14.4. The Bertz CT molecular complexity index is 1870. The molecule has 3 aromatic carbocycles. The Balaban J connectivity index is 1.95. The Morgan fingerprint density at radius 2 is 0.569 bits per heavy atom. The largest absolute Gasteiger partial charge is 0.243 e. The zero-order valence-corrected chi connectivity index (χ0v) is 35.0. The quantitative estimate of drug-likeness (QED) is 0.133. The molecule has 0 aliphatic rings. The Kier molecular flexibility index (Phi) is 14.7. The predicted octanol–water partition coefficient (Wildman–Crippen LogP) is 7.44. The zero-order chi connectivity index (χ0) is 38.5. The lowest BCUT2D eigenvalue weighted by Crippen LogP contribution is -2.40. The third-order valence-electron chi connectivity index (χ3n) is 9.18. The van der Waals surface area contributed by atoms with Crippen molar-refractivity contribution in [1.82, 2.24) is 12.9 Å². The van der Waals surface area contributed by atoms with Gasteiger partial charge in [0.2, 0.25) is 30.1 Å². The average Bonchev–Trinajstić information content (AvgIpc) is 2.97. The summed E-state index contributed by atoms with van der Waals surface area (Å²) in [6.07, 6.45) is 1.75. The molecule has 0 aliphatic heterocycles. The molecule has 0 atom stereocenters. The van der Waals surface area contributed by atoms with Gasteiger partial charge in [0.15, 0.2) is 0 Å². The highest BCUT2D eigenvalue weighted by Gasteiger charge is 2.32. The van der Waals surface area contributed by atoms with Crippen LogP contribution in [0.5, 0.6) is 0 Å². The van der Waals surface area contributed by atoms with E-state index in [1.54, 1.807) is 41.5 Å². The smallest absolute Gasteiger partial charge is 0.207 e. The highest BCUT2D eigenvalue weighted by Crippen LogP contribution is 2.29. The second kappa shape index (κ2) is 17.5. The van der Waals surface area contributed by atoms with Crippen molar-refractivity contribution in [2.75, 3.05) is 39.3 Å². The molecule has 3 rings (SSSR count). The van der Waals surface area contributed by atoms with E-state index in [4.69, 9.17) is 0 Å². The van der Waals surface area contributed by atoms with Crippen LogP contribution in [0, 0.1) is 62.3 Å². The van der Waals surface area contributed by atoms with Crippen molar-refractivity contribution < 1.29 is 25.3 Å². The van der Waals surface area contributed by atoms with E-state index in [1.165, 1.54) is 12.9 Å². The number of rotatable bonds is 18. The van der Waals surface area contributed by atoms with Crippen LogP contribution >= 0.6 is 0 Å². The molecule has 0 fully saturated rings. The Morgan fingerprint density at radius 1 is 0.373 bits per heavy atom. The molecule has 0 N–H and O–H groups in total. The van der Waals surface area contributed by atoms with Crippen LogP contribution in [0.25, 0.3) is 0 Å². The fourth-order valence-electron chi connectivity index (χ4n) is 7.51. The van der Waals surface area contributed by atoms with Crippen molar-refractivity contribution >= 4 is 30.1 Å². The predicted molar refractivity (Wildman–Crippen MR) is 208 cm³/mol. The summed E-state index contributed by atoms with van der Waals surface area (Å²) in [4.78, 5) is 0.836. The number of hydrogen-bond donors (Lipinski definition) is 0. The number of aryl methyl sites for hydroxylation is 9. The van der Waals surface area contributed by atoms with Crippen molar-refractivity contribution in [3.63, 3.8) is 0 Å². The molecule has 0 saturated heterocycles. The highest BCUT2D eigenvalue weighted by molar-refractivity contribution is 7.89. The van der Waals surface area contributed by atoms with Crippen LogP contribution in [0.4, 0.5) is 0 Å². The standard InChI is InChI=1S/C39H59N3O6S3/c1-12-16-40(49(43,44)37-31(6)22-28(3)23-32(37)7)18-14-20-42(51(47,48)39-35(10)26-30(5)27-36(39)11)21-15-19-41(17-13-2)50(45,46)38-33(8)24-29(4)25-34(38)9/h22-27H,12-21H2,1-11H3. The minimum atomic E-state index is -4.01. The Hall–Kier alpha value is -2.61. The summed E-state index contributed by atoms with van der Waals surface area (Å²) in [6.45, 7) is 21.5. The van der Waals surface area contributed by atoms with Gasteiger partial charge in [-0.05, 0) is 121 Å². The summed E-state index contributed by atoms with van der Waals surface area (Å²) in [5.74, 6) is 0. The molecule has 0 aliphatic carbocycles. The van der Waals surface area contributed by atoms with E-state index in [-0.39, 0.29) is 43.9 Å². The maximum atomic E-state index is 14.4. The van der Waals surface area contributed by atoms with Crippen LogP contribution in [0.1, 0.15) is 89.6 Å². The van der Waals surface area contributed by atoms with E-state index in [9.17, 15) is 25.3 Å². The second-order valence-corrected chi connectivity index (χ2v) is 19.7. The minimum Gasteiger partial charge on any atom is -0.207 e. The lowest BCUT2D eigenvalue weighted by atomic mass is 10.1. The molecule has 0 aromatic heterocycles. The van der Waals surface area contributed by atoms with Crippen molar-refractivity contribution in [2.45, 2.75) is 117 Å². The van der Waals surface area contributed by atoms with Gasteiger partial charge in [-0.1, -0.05) is 66.9 Å². The molecule has 284 valence electrons. The molecular formula is C39H59N3O6S3. The Labute approximate surface area is 309 Å². The fourth-order valence-corrected chi connectivity index (χ4v) is 13.4. The maximum Gasteiger partial charge on any atom is 0.243 e. The van der Waals surface area contributed by atoms with Crippen LogP contribution < -0.4 is 0 Å². The van der Waals surface area contributed by atoms with Crippen molar-refractivity contribution in [1.29, 1.82) is 0 Å². The molecule has 0 spiro atoms. The van der Waals surface area contributed by atoms with Crippen LogP contribution in [-0.2, 0) is 30.1 Å². The minimum absolute atomic E-state index is 0.0768. The third kappa shape index (κ3) is 9.88. The zero-order valence-electron chi connectivity index (χ0n) is 32.6. The van der Waals surface area contributed by atoms with Gasteiger partial charge < -0.3 is 0 Å². The second-order valence-electron chi connectivity index (χ2n) is 14.1. The lowest BCUT2D eigenvalue weighted by molar-refractivity contribution is 0.337. The fraction of sp³-hybridized carbons (Fsp3) is 0.538. The normalized spacial score (nSPS) is 12.8. The van der Waals surface area contributed by atoms with Gasteiger partial charge in [-0.3, -0.25) is 0 Å². The third-order valence-corrected chi connectivity index (χ3v) is 15.8. The molecule has 0 radical (unpaired) electrons. The summed E-state index contributed by atoms with van der Waals surface area (Å²) in [7, 11) is -11.7. The first kappa shape index (κ1) is 42.8. The molecule has 51 heavy (non-hydrogen) atoms. The van der Waals surface area contributed by atoms with Gasteiger partial charge in [-0.15, -0.1) is 0 Å². The van der Waals surface area contributed by atoms with Gasteiger partial charge in [0.05, 0.1) is 14.7 Å². The van der Waals surface area contributed by atoms with E-state index in [0.29, 0.717) is 69.1 Å². The molecule has 9 nitrogen and oxygen atoms in total. The van der Waals surface area contributed by atoms with Crippen LogP contribution in [-0.4, -0.2) is 77.4 Å². The van der Waals surface area contributed by atoms with E-state index < -0.39 is 30.1 Å². The molecule has 0 heterocycles. The molecule has 12 heteroatoms. The monoisotopic (exact) mass is 761 g/mol. The van der Waals surface area contributed by atoms with E-state index >= 15 is 0 Å². The molecular weight excluding hydrogens is 703 g/mol. The van der Waals surface area contributed by atoms with Crippen LogP contribution in [0.3, 0.4) is 0 Å². The van der Waals surface area contributed by atoms with Crippen LogP contribution in [0.15, 0.2) is 51.1 Å². The van der Waals surface area contributed by atoms with E-state index in [1.807, 2.05) is 71.0 Å². The molecule has 3 aromatic rings. The molecule has 0 bridgehead atoms. The number of benzene rings is 3.